The summed E-state index contributed by atoms with van der Waals surface area (Å²) in [5, 5.41) is 12.8. The van der Waals surface area contributed by atoms with E-state index in [4.69, 9.17) is 0 Å². The van der Waals surface area contributed by atoms with Crippen molar-refractivity contribution in [3.05, 3.63) is 35.1 Å². The lowest BCUT2D eigenvalue weighted by molar-refractivity contribution is -0.0398. The van der Waals surface area contributed by atoms with Gasteiger partial charge in [-0.25, -0.2) is 9.18 Å². The van der Waals surface area contributed by atoms with Gasteiger partial charge in [0.15, 0.2) is 0 Å². The van der Waals surface area contributed by atoms with Gasteiger partial charge in [-0.1, -0.05) is 17.7 Å². The van der Waals surface area contributed by atoms with Crippen LogP contribution in [0.1, 0.15) is 43.2 Å². The van der Waals surface area contributed by atoms with E-state index in [0.717, 1.165) is 24.8 Å². The number of aliphatic hydroxyl groups excluding tert-OH is 1. The number of urea groups is 1. The predicted molar refractivity (Wildman–Crippen MR) is 86.8 cm³/mol. The number of carbonyl (C=O) groups excluding carboxylic acids is 1. The summed E-state index contributed by atoms with van der Waals surface area (Å²) in [6.45, 7) is 2.96. The number of nitrogens with zero attached hydrogens (tertiary/aromatic N) is 1. The molecule has 0 aromatic heterocycles. The molecule has 1 aromatic rings. The third kappa shape index (κ3) is 3.34. The van der Waals surface area contributed by atoms with E-state index >= 15 is 0 Å². The van der Waals surface area contributed by atoms with E-state index in [-0.39, 0.29) is 23.5 Å². The van der Waals surface area contributed by atoms with E-state index in [1.54, 1.807) is 6.07 Å². The van der Waals surface area contributed by atoms with Crippen molar-refractivity contribution in [1.29, 1.82) is 0 Å². The largest absolute Gasteiger partial charge is 0.393 e. The maximum atomic E-state index is 13.7. The van der Waals surface area contributed by atoms with Gasteiger partial charge in [-0.2, -0.15) is 0 Å². The number of hydrogen-bond acceptors (Lipinski definition) is 2. The molecule has 23 heavy (non-hydrogen) atoms. The van der Waals surface area contributed by atoms with E-state index in [0.29, 0.717) is 37.9 Å². The Hall–Kier alpha value is -1.62. The van der Waals surface area contributed by atoms with Crippen molar-refractivity contribution < 1.29 is 14.3 Å². The van der Waals surface area contributed by atoms with Crippen molar-refractivity contribution >= 4 is 6.03 Å². The lowest BCUT2D eigenvalue weighted by Crippen LogP contribution is -2.63. The van der Waals surface area contributed by atoms with Gasteiger partial charge in [0.1, 0.15) is 5.82 Å². The number of rotatable bonds is 3. The molecule has 2 fully saturated rings. The Morgan fingerprint density at radius 1 is 1.48 bits per heavy atom. The highest BCUT2D eigenvalue weighted by atomic mass is 19.1. The lowest BCUT2D eigenvalue weighted by atomic mass is 9.69. The molecule has 1 atom stereocenters. The quantitative estimate of drug-likeness (QED) is 0.900. The smallest absolute Gasteiger partial charge is 0.317 e. The number of benzene rings is 1. The summed E-state index contributed by atoms with van der Waals surface area (Å²) in [6, 6.07) is 4.97. The Labute approximate surface area is 136 Å². The van der Waals surface area contributed by atoms with Crippen molar-refractivity contribution in [2.45, 2.75) is 57.1 Å². The number of amides is 2. The van der Waals surface area contributed by atoms with Gasteiger partial charge in [-0.3, -0.25) is 0 Å². The molecule has 126 valence electrons. The molecule has 1 aliphatic heterocycles. The fourth-order valence-corrected chi connectivity index (χ4v) is 3.84. The average Bonchev–Trinajstić information content (AvgIpc) is 2.48. The number of halogens is 1. The molecule has 1 saturated carbocycles. The van der Waals surface area contributed by atoms with Crippen LogP contribution in [0.25, 0.3) is 0 Å². The normalized spacial score (nSPS) is 22.7. The zero-order valence-corrected chi connectivity index (χ0v) is 13.6. The molecular formula is C18H25FN2O2. The second kappa shape index (κ2) is 6.48. The third-order valence-electron chi connectivity index (χ3n) is 5.28. The molecule has 1 aliphatic carbocycles. The van der Waals surface area contributed by atoms with Crippen LogP contribution in [0.3, 0.4) is 0 Å². The number of likely N-dealkylation sites (tertiary alicyclic amines) is 1. The van der Waals surface area contributed by atoms with Crippen LogP contribution in [0, 0.1) is 12.7 Å². The summed E-state index contributed by atoms with van der Waals surface area (Å²) >= 11 is 0. The van der Waals surface area contributed by atoms with Crippen LogP contribution < -0.4 is 5.32 Å². The van der Waals surface area contributed by atoms with Crippen LogP contribution >= 0.6 is 0 Å². The molecule has 5 heteroatoms. The van der Waals surface area contributed by atoms with Gasteiger partial charge >= 0.3 is 6.03 Å². The SMILES string of the molecule is Cc1ccc(F)c(CCNC(=O)N2CCC(O)CC23CCC3)c1. The Balaban J connectivity index is 1.56. The zero-order valence-electron chi connectivity index (χ0n) is 13.6. The summed E-state index contributed by atoms with van der Waals surface area (Å²) in [4.78, 5) is 14.4. The molecule has 1 unspecified atom stereocenters. The van der Waals surface area contributed by atoms with Crippen LogP contribution in [-0.2, 0) is 6.42 Å². The predicted octanol–water partition coefficient (Wildman–Crippen LogP) is 2.77. The first kappa shape index (κ1) is 16.2. The summed E-state index contributed by atoms with van der Waals surface area (Å²) in [5.74, 6) is -0.221. The summed E-state index contributed by atoms with van der Waals surface area (Å²) < 4.78 is 13.7. The molecule has 1 aromatic carbocycles. The number of carbonyl (C=O) groups is 1. The first-order chi connectivity index (χ1) is 11.0. The Bertz CT molecular complexity index is 586. The Kier molecular flexibility index (Phi) is 4.57. The molecule has 2 aliphatic rings. The second-order valence-corrected chi connectivity index (χ2v) is 6.95. The summed E-state index contributed by atoms with van der Waals surface area (Å²) in [6.07, 6.45) is 4.59. The molecule has 2 N–H and O–H groups in total. The van der Waals surface area contributed by atoms with Gasteiger partial charge in [0.25, 0.3) is 0 Å². The minimum absolute atomic E-state index is 0.0790. The third-order valence-corrected chi connectivity index (χ3v) is 5.28. The number of nitrogens with one attached hydrogen (secondary N) is 1. The van der Waals surface area contributed by atoms with E-state index in [1.165, 1.54) is 6.07 Å². The van der Waals surface area contributed by atoms with Gasteiger partial charge in [-0.05, 0) is 57.1 Å². The molecule has 0 bridgehead atoms. The molecule has 1 spiro atoms. The summed E-state index contributed by atoms with van der Waals surface area (Å²) in [7, 11) is 0. The van der Waals surface area contributed by atoms with Crippen LogP contribution in [-0.4, -0.2) is 40.8 Å². The number of aryl methyl sites for hydroxylation is 1. The highest BCUT2D eigenvalue weighted by Crippen LogP contribution is 2.44. The highest BCUT2D eigenvalue weighted by molar-refractivity contribution is 5.75. The number of aliphatic hydroxyl groups is 1. The lowest BCUT2D eigenvalue weighted by Gasteiger charge is -2.54. The van der Waals surface area contributed by atoms with Crippen LogP contribution in [0.15, 0.2) is 18.2 Å². The van der Waals surface area contributed by atoms with Gasteiger partial charge < -0.3 is 15.3 Å². The molecule has 0 radical (unpaired) electrons. The summed E-state index contributed by atoms with van der Waals surface area (Å²) in [5.41, 5.74) is 1.51. The maximum Gasteiger partial charge on any atom is 0.317 e. The van der Waals surface area contributed by atoms with Crippen molar-refractivity contribution in [3.63, 3.8) is 0 Å². The fraction of sp³-hybridized carbons (Fsp3) is 0.611. The van der Waals surface area contributed by atoms with Crippen LogP contribution in [0.4, 0.5) is 9.18 Å². The first-order valence-electron chi connectivity index (χ1n) is 8.49. The van der Waals surface area contributed by atoms with Gasteiger partial charge in [0, 0.05) is 18.6 Å². The monoisotopic (exact) mass is 320 g/mol. The van der Waals surface area contributed by atoms with E-state index in [1.807, 2.05) is 17.9 Å². The van der Waals surface area contributed by atoms with Gasteiger partial charge in [0.05, 0.1) is 6.10 Å². The molecule has 1 heterocycles. The molecule has 1 saturated heterocycles. The second-order valence-electron chi connectivity index (χ2n) is 6.95. The first-order valence-corrected chi connectivity index (χ1v) is 8.49. The maximum absolute atomic E-state index is 13.7. The topological polar surface area (TPSA) is 52.6 Å². The van der Waals surface area contributed by atoms with Crippen LogP contribution in [0.5, 0.6) is 0 Å². The van der Waals surface area contributed by atoms with Gasteiger partial charge in [0.2, 0.25) is 0 Å². The zero-order chi connectivity index (χ0) is 16.4. The number of hydrogen-bond donors (Lipinski definition) is 2. The van der Waals surface area contributed by atoms with E-state index < -0.39 is 0 Å². The molecule has 2 amide bonds. The van der Waals surface area contributed by atoms with E-state index in [9.17, 15) is 14.3 Å². The number of piperidine rings is 1. The van der Waals surface area contributed by atoms with Crippen molar-refractivity contribution in [2.24, 2.45) is 0 Å². The van der Waals surface area contributed by atoms with Crippen molar-refractivity contribution in [2.75, 3.05) is 13.1 Å². The van der Waals surface area contributed by atoms with Crippen molar-refractivity contribution in [1.82, 2.24) is 10.2 Å². The minimum Gasteiger partial charge on any atom is -0.393 e. The minimum atomic E-state index is -0.291. The van der Waals surface area contributed by atoms with E-state index in [2.05, 4.69) is 5.32 Å². The highest BCUT2D eigenvalue weighted by Gasteiger charge is 2.48. The fourth-order valence-electron chi connectivity index (χ4n) is 3.84. The molecular weight excluding hydrogens is 295 g/mol. The van der Waals surface area contributed by atoms with Crippen molar-refractivity contribution in [3.8, 4) is 0 Å². The molecule has 3 rings (SSSR count). The Morgan fingerprint density at radius 3 is 2.96 bits per heavy atom. The average molecular weight is 320 g/mol. The van der Waals surface area contributed by atoms with Gasteiger partial charge in [-0.15, -0.1) is 0 Å². The standard InChI is InChI=1S/C18H25FN2O2/c1-13-3-4-16(19)14(11-13)5-9-20-17(23)21-10-6-15(22)12-18(21)7-2-8-18/h3-4,11,15,22H,2,5-10,12H2,1H3,(H,20,23). The Morgan fingerprint density at radius 2 is 2.26 bits per heavy atom. The molecule has 4 nitrogen and oxygen atoms in total. The van der Waals surface area contributed by atoms with Crippen LogP contribution in [0.2, 0.25) is 0 Å².